The Morgan fingerprint density at radius 3 is 2.40 bits per heavy atom. The fourth-order valence-electron chi connectivity index (χ4n) is 3.63. The third kappa shape index (κ3) is 6.00. The number of carbonyl (C=O) groups excluding carboxylic acids is 3. The Bertz CT molecular complexity index is 908. The molecule has 1 aliphatic heterocycles. The second kappa shape index (κ2) is 10.2. The highest BCUT2D eigenvalue weighted by Gasteiger charge is 2.20. The van der Waals surface area contributed by atoms with E-state index in [2.05, 4.69) is 10.2 Å². The molecule has 0 saturated carbocycles. The quantitative estimate of drug-likeness (QED) is 0.746. The Morgan fingerprint density at radius 1 is 0.933 bits per heavy atom. The number of nitrogens with one attached hydrogen (secondary N) is 1. The molecule has 2 aromatic carbocycles. The van der Waals surface area contributed by atoms with Gasteiger partial charge in [-0.15, -0.1) is 0 Å². The first-order valence-electron chi connectivity index (χ1n) is 10.4. The molecule has 1 fully saturated rings. The van der Waals surface area contributed by atoms with Crippen LogP contribution in [-0.2, 0) is 4.79 Å². The summed E-state index contributed by atoms with van der Waals surface area (Å²) in [5, 5.41) is 2.88. The van der Waals surface area contributed by atoms with Crippen LogP contribution in [-0.4, -0.2) is 60.1 Å². The Kier molecular flexibility index (Phi) is 7.36. The number of rotatable bonds is 6. The maximum atomic E-state index is 12.8. The highest BCUT2D eigenvalue weighted by atomic mass is 16.2. The van der Waals surface area contributed by atoms with Crippen molar-refractivity contribution in [3.8, 4) is 0 Å². The zero-order valence-corrected chi connectivity index (χ0v) is 17.7. The van der Waals surface area contributed by atoms with E-state index in [4.69, 9.17) is 0 Å². The molecule has 30 heavy (non-hydrogen) atoms. The van der Waals surface area contributed by atoms with Crippen LogP contribution < -0.4 is 5.32 Å². The lowest BCUT2D eigenvalue weighted by Gasteiger charge is -2.22. The van der Waals surface area contributed by atoms with Gasteiger partial charge in [0, 0.05) is 49.4 Å². The Labute approximate surface area is 177 Å². The molecule has 0 atom stereocenters. The number of benzene rings is 2. The van der Waals surface area contributed by atoms with E-state index >= 15 is 0 Å². The summed E-state index contributed by atoms with van der Waals surface area (Å²) in [4.78, 5) is 40.5. The van der Waals surface area contributed by atoms with E-state index in [1.165, 1.54) is 6.92 Å². The summed E-state index contributed by atoms with van der Waals surface area (Å²) in [5.41, 5.74) is 3.14. The molecule has 0 aliphatic carbocycles. The predicted octanol–water partition coefficient (Wildman–Crippen LogP) is 3.37. The van der Waals surface area contributed by atoms with Crippen molar-refractivity contribution < 1.29 is 14.4 Å². The van der Waals surface area contributed by atoms with Gasteiger partial charge in [0.15, 0.2) is 5.78 Å². The molecule has 0 radical (unpaired) electrons. The molecule has 1 aliphatic rings. The molecule has 1 N–H and O–H groups in total. The van der Waals surface area contributed by atoms with Crippen LogP contribution in [0, 0.1) is 6.92 Å². The largest absolute Gasteiger partial charge is 0.337 e. The number of hydrogen-bond acceptors (Lipinski definition) is 4. The van der Waals surface area contributed by atoms with Crippen molar-refractivity contribution >= 4 is 23.3 Å². The summed E-state index contributed by atoms with van der Waals surface area (Å²) in [6, 6.07) is 14.6. The van der Waals surface area contributed by atoms with Gasteiger partial charge in [-0.1, -0.05) is 17.7 Å². The monoisotopic (exact) mass is 407 g/mol. The van der Waals surface area contributed by atoms with E-state index in [1.54, 1.807) is 24.3 Å². The lowest BCUT2D eigenvalue weighted by molar-refractivity contribution is -0.116. The molecule has 2 amide bonds. The van der Waals surface area contributed by atoms with Crippen molar-refractivity contribution in [1.29, 1.82) is 0 Å². The van der Waals surface area contributed by atoms with Gasteiger partial charge in [-0.05, 0) is 63.2 Å². The highest BCUT2D eigenvalue weighted by molar-refractivity contribution is 5.96. The Morgan fingerprint density at radius 2 is 1.70 bits per heavy atom. The minimum absolute atomic E-state index is 0.00367. The molecule has 158 valence electrons. The molecule has 3 rings (SSSR count). The first-order chi connectivity index (χ1) is 14.4. The van der Waals surface area contributed by atoms with Gasteiger partial charge in [0.1, 0.15) is 0 Å². The third-order valence-corrected chi connectivity index (χ3v) is 5.37. The van der Waals surface area contributed by atoms with Crippen LogP contribution >= 0.6 is 0 Å². The summed E-state index contributed by atoms with van der Waals surface area (Å²) in [6.45, 7) is 7.20. The molecule has 0 aromatic heterocycles. The average molecular weight is 408 g/mol. The average Bonchev–Trinajstić information content (AvgIpc) is 2.98. The Hall–Kier alpha value is -2.99. The SMILES string of the molecule is CC(=O)c1ccc(NC(=O)CCN2CCCN(C(=O)c3cccc(C)c3)CC2)cc1. The second-order valence-corrected chi connectivity index (χ2v) is 7.79. The Balaban J connectivity index is 1.46. The summed E-state index contributed by atoms with van der Waals surface area (Å²) in [7, 11) is 0. The van der Waals surface area contributed by atoms with Gasteiger partial charge in [-0.2, -0.15) is 0 Å². The van der Waals surface area contributed by atoms with Gasteiger partial charge in [-0.3, -0.25) is 14.4 Å². The van der Waals surface area contributed by atoms with Gasteiger partial charge in [-0.25, -0.2) is 0 Å². The van der Waals surface area contributed by atoms with E-state index < -0.39 is 0 Å². The minimum atomic E-state index is -0.0532. The molecule has 2 aromatic rings. The number of Topliss-reactive ketones (excluding diaryl/α,β-unsaturated/α-hetero) is 1. The minimum Gasteiger partial charge on any atom is -0.337 e. The van der Waals surface area contributed by atoms with E-state index in [9.17, 15) is 14.4 Å². The number of aryl methyl sites for hydroxylation is 1. The van der Waals surface area contributed by atoms with E-state index in [-0.39, 0.29) is 17.6 Å². The van der Waals surface area contributed by atoms with E-state index in [0.717, 1.165) is 37.2 Å². The van der Waals surface area contributed by atoms with Crippen molar-refractivity contribution in [3.63, 3.8) is 0 Å². The van der Waals surface area contributed by atoms with Crippen molar-refractivity contribution in [2.24, 2.45) is 0 Å². The zero-order chi connectivity index (χ0) is 21.5. The van der Waals surface area contributed by atoms with Gasteiger partial charge < -0.3 is 15.1 Å². The number of nitrogens with zero attached hydrogens (tertiary/aromatic N) is 2. The van der Waals surface area contributed by atoms with Crippen LogP contribution in [0.5, 0.6) is 0 Å². The number of anilines is 1. The molecular weight excluding hydrogens is 378 g/mol. The maximum Gasteiger partial charge on any atom is 0.253 e. The van der Waals surface area contributed by atoms with Crippen LogP contribution in [0.15, 0.2) is 48.5 Å². The van der Waals surface area contributed by atoms with Crippen molar-refractivity contribution in [2.45, 2.75) is 26.7 Å². The number of amides is 2. The standard InChI is InChI=1S/C24H29N3O3/c1-18-5-3-6-21(17-18)24(30)27-13-4-12-26(15-16-27)14-11-23(29)25-22-9-7-20(8-10-22)19(2)28/h3,5-10,17H,4,11-16H2,1-2H3,(H,25,29). The molecule has 0 bridgehead atoms. The third-order valence-electron chi connectivity index (χ3n) is 5.37. The lowest BCUT2D eigenvalue weighted by Crippen LogP contribution is -2.36. The first kappa shape index (κ1) is 21.7. The molecule has 6 heteroatoms. The number of hydrogen-bond donors (Lipinski definition) is 1. The van der Waals surface area contributed by atoms with Crippen molar-refractivity contribution in [3.05, 3.63) is 65.2 Å². The van der Waals surface area contributed by atoms with Crippen molar-refractivity contribution in [1.82, 2.24) is 9.80 Å². The zero-order valence-electron chi connectivity index (χ0n) is 17.7. The second-order valence-electron chi connectivity index (χ2n) is 7.79. The number of ketones is 1. The number of carbonyl (C=O) groups is 3. The van der Waals surface area contributed by atoms with E-state index in [1.807, 2.05) is 36.1 Å². The summed E-state index contributed by atoms with van der Waals surface area (Å²) in [6.07, 6.45) is 1.28. The first-order valence-corrected chi connectivity index (χ1v) is 10.4. The van der Waals surface area contributed by atoms with Crippen LogP contribution in [0.25, 0.3) is 0 Å². The van der Waals surface area contributed by atoms with Crippen LogP contribution in [0.2, 0.25) is 0 Å². The van der Waals surface area contributed by atoms with Crippen molar-refractivity contribution in [2.75, 3.05) is 38.0 Å². The summed E-state index contributed by atoms with van der Waals surface area (Å²) < 4.78 is 0. The van der Waals surface area contributed by atoms with E-state index in [0.29, 0.717) is 30.8 Å². The molecule has 0 unspecified atom stereocenters. The molecule has 0 spiro atoms. The highest BCUT2D eigenvalue weighted by Crippen LogP contribution is 2.13. The van der Waals surface area contributed by atoms with Crippen LogP contribution in [0.3, 0.4) is 0 Å². The van der Waals surface area contributed by atoms with Crippen LogP contribution in [0.1, 0.15) is 46.0 Å². The van der Waals surface area contributed by atoms with Crippen LogP contribution in [0.4, 0.5) is 5.69 Å². The van der Waals surface area contributed by atoms with Gasteiger partial charge in [0.05, 0.1) is 0 Å². The predicted molar refractivity (Wildman–Crippen MR) is 118 cm³/mol. The topological polar surface area (TPSA) is 69.7 Å². The van der Waals surface area contributed by atoms with Gasteiger partial charge >= 0.3 is 0 Å². The molecule has 1 heterocycles. The summed E-state index contributed by atoms with van der Waals surface area (Å²) in [5.74, 6) is 0.0266. The van der Waals surface area contributed by atoms with Gasteiger partial charge in [0.2, 0.25) is 5.91 Å². The fraction of sp³-hybridized carbons (Fsp3) is 0.375. The fourth-order valence-corrected chi connectivity index (χ4v) is 3.63. The lowest BCUT2D eigenvalue weighted by atomic mass is 10.1. The smallest absolute Gasteiger partial charge is 0.253 e. The molecular formula is C24H29N3O3. The molecule has 6 nitrogen and oxygen atoms in total. The maximum absolute atomic E-state index is 12.8. The molecule has 1 saturated heterocycles. The summed E-state index contributed by atoms with van der Waals surface area (Å²) >= 11 is 0. The normalized spacial score (nSPS) is 14.8. The van der Waals surface area contributed by atoms with Gasteiger partial charge in [0.25, 0.3) is 5.91 Å².